The van der Waals surface area contributed by atoms with Crippen LogP contribution in [0.2, 0.25) is 0 Å². The van der Waals surface area contributed by atoms with Gasteiger partial charge in [0.15, 0.2) is 6.29 Å². The molecule has 0 aliphatic carbocycles. The maximum absolute atomic E-state index is 14.0. The Morgan fingerprint density at radius 3 is 2.09 bits per heavy atom. The predicted molar refractivity (Wildman–Crippen MR) is 171 cm³/mol. The molecule has 1 saturated heterocycles. The number of aliphatic hydroxyl groups is 2. The molecule has 2 N–H and O–H groups in total. The van der Waals surface area contributed by atoms with E-state index in [9.17, 15) is 18.6 Å². The summed E-state index contributed by atoms with van der Waals surface area (Å²) in [5.74, 6) is 0. The molecule has 0 amide bonds. The average molecular weight is 628 g/mol. The van der Waals surface area contributed by atoms with E-state index in [0.29, 0.717) is 17.8 Å². The predicted octanol–water partition coefficient (Wildman–Crippen LogP) is 5.45. The molecule has 45 heavy (non-hydrogen) atoms. The molecule has 4 atom stereocenters. The van der Waals surface area contributed by atoms with Gasteiger partial charge in [-0.2, -0.15) is 0 Å². The number of ether oxygens (including phenoxy) is 3. The van der Waals surface area contributed by atoms with Gasteiger partial charge in [-0.15, -0.1) is 0 Å². The van der Waals surface area contributed by atoms with Gasteiger partial charge in [0.1, 0.15) is 11.7 Å². The Morgan fingerprint density at radius 1 is 0.822 bits per heavy atom. The van der Waals surface area contributed by atoms with Crippen LogP contribution in [-0.2, 0) is 43.9 Å². The van der Waals surface area contributed by atoms with Crippen LogP contribution in [0.5, 0.6) is 0 Å². The Balaban J connectivity index is 1.34. The van der Waals surface area contributed by atoms with Gasteiger partial charge in [0.05, 0.1) is 36.3 Å². The topological polar surface area (TPSA) is 107 Å². The molecule has 4 aromatic carbocycles. The number of hydrogen-bond donors (Lipinski definition) is 2. The number of aromatic nitrogens is 1. The fourth-order valence-electron chi connectivity index (χ4n) is 5.97. The lowest BCUT2D eigenvalue weighted by Crippen LogP contribution is -2.59. The third kappa shape index (κ3) is 6.74. The van der Waals surface area contributed by atoms with Gasteiger partial charge in [-0.25, -0.2) is 12.4 Å². The summed E-state index contributed by atoms with van der Waals surface area (Å²) >= 11 is 0. The van der Waals surface area contributed by atoms with E-state index in [1.165, 1.54) is 3.97 Å². The van der Waals surface area contributed by atoms with Crippen LogP contribution in [-0.4, -0.2) is 53.3 Å². The number of fused-ring (bicyclic) bond motifs is 1. The summed E-state index contributed by atoms with van der Waals surface area (Å²) in [5.41, 5.74) is 1.74. The molecule has 234 valence electrons. The summed E-state index contributed by atoms with van der Waals surface area (Å²) < 4.78 is 48.2. The lowest BCUT2D eigenvalue weighted by Gasteiger charge is -2.47. The quantitative estimate of drug-likeness (QED) is 0.189. The zero-order valence-corrected chi connectivity index (χ0v) is 25.6. The first-order chi connectivity index (χ1) is 21.9. The van der Waals surface area contributed by atoms with Crippen molar-refractivity contribution in [1.82, 2.24) is 3.97 Å². The summed E-state index contributed by atoms with van der Waals surface area (Å²) in [5, 5.41) is 22.4. The van der Waals surface area contributed by atoms with Gasteiger partial charge in [0.25, 0.3) is 10.0 Å². The van der Waals surface area contributed by atoms with Gasteiger partial charge < -0.3 is 24.4 Å². The van der Waals surface area contributed by atoms with Crippen molar-refractivity contribution in [2.75, 3.05) is 6.61 Å². The van der Waals surface area contributed by atoms with Gasteiger partial charge >= 0.3 is 0 Å². The Kier molecular flexibility index (Phi) is 9.46. The molecule has 2 heterocycles. The molecule has 1 unspecified atom stereocenters. The highest BCUT2D eigenvalue weighted by Crippen LogP contribution is 2.39. The highest BCUT2D eigenvalue weighted by molar-refractivity contribution is 7.90. The van der Waals surface area contributed by atoms with E-state index >= 15 is 0 Å². The maximum atomic E-state index is 14.0. The normalized spacial score (nSPS) is 22.0. The second-order valence-electron chi connectivity index (χ2n) is 11.4. The molecule has 0 bridgehead atoms. The van der Waals surface area contributed by atoms with Gasteiger partial charge in [-0.3, -0.25) is 0 Å². The number of nitrogens with zero attached hydrogens (tertiary/aromatic N) is 1. The molecule has 5 aromatic rings. The van der Waals surface area contributed by atoms with Crippen molar-refractivity contribution in [1.29, 1.82) is 0 Å². The van der Waals surface area contributed by atoms with Gasteiger partial charge in [0.2, 0.25) is 0 Å². The Morgan fingerprint density at radius 2 is 1.42 bits per heavy atom. The minimum Gasteiger partial charge on any atom is -0.394 e. The molecular weight excluding hydrogens is 590 g/mol. The fraction of sp³-hybridized carbons (Fsp3) is 0.278. The highest BCUT2D eigenvalue weighted by Gasteiger charge is 2.50. The third-order valence-electron chi connectivity index (χ3n) is 8.40. The molecule has 1 fully saturated rings. The van der Waals surface area contributed by atoms with Crippen LogP contribution < -0.4 is 0 Å². The van der Waals surface area contributed by atoms with E-state index in [-0.39, 0.29) is 37.4 Å². The molecule has 1 aliphatic heterocycles. The largest absolute Gasteiger partial charge is 0.394 e. The molecule has 8 nitrogen and oxygen atoms in total. The highest BCUT2D eigenvalue weighted by atomic mass is 32.2. The molecule has 1 aromatic heterocycles. The Bertz CT molecular complexity index is 1800. The number of rotatable bonds is 12. The second-order valence-corrected chi connectivity index (χ2v) is 13.2. The number of aryl methyl sites for hydroxylation is 1. The van der Waals surface area contributed by atoms with E-state index in [1.54, 1.807) is 36.4 Å². The van der Waals surface area contributed by atoms with Crippen molar-refractivity contribution in [3.8, 4) is 0 Å². The summed E-state index contributed by atoms with van der Waals surface area (Å²) in [7, 11) is -3.93. The number of benzene rings is 4. The van der Waals surface area contributed by atoms with Gasteiger partial charge in [-0.1, -0.05) is 97.1 Å². The number of aliphatic hydroxyl groups excluding tert-OH is 2. The van der Waals surface area contributed by atoms with Crippen molar-refractivity contribution in [3.05, 3.63) is 138 Å². The van der Waals surface area contributed by atoms with E-state index < -0.39 is 34.1 Å². The monoisotopic (exact) mass is 627 g/mol. The smallest absolute Gasteiger partial charge is 0.268 e. The first-order valence-corrected chi connectivity index (χ1v) is 16.5. The van der Waals surface area contributed by atoms with Crippen molar-refractivity contribution in [2.45, 2.75) is 61.5 Å². The number of hydrogen-bond acceptors (Lipinski definition) is 7. The molecule has 0 spiro atoms. The molecule has 9 heteroatoms. The SMILES string of the molecule is O=S(=O)(c1ccccc1)n1c(CC[C@@]2(OCc3ccccc3)C[C@H](OCc3ccccc3)[C@@H](CO)OC2O)cc2ccccc21. The van der Waals surface area contributed by atoms with Crippen molar-refractivity contribution in [3.63, 3.8) is 0 Å². The summed E-state index contributed by atoms with van der Waals surface area (Å²) in [6.45, 7) is 0.149. The van der Waals surface area contributed by atoms with Gasteiger partial charge in [-0.05, 0) is 48.2 Å². The van der Waals surface area contributed by atoms with Crippen LogP contribution in [0.4, 0.5) is 0 Å². The average Bonchev–Trinajstić information content (AvgIpc) is 3.47. The van der Waals surface area contributed by atoms with Crippen LogP contribution in [0.3, 0.4) is 0 Å². The minimum atomic E-state index is -3.93. The van der Waals surface area contributed by atoms with Crippen LogP contribution in [0.15, 0.2) is 126 Å². The van der Waals surface area contributed by atoms with Crippen molar-refractivity contribution >= 4 is 20.9 Å². The molecule has 0 saturated carbocycles. The zero-order chi connectivity index (χ0) is 31.3. The van der Waals surface area contributed by atoms with Crippen LogP contribution in [0.25, 0.3) is 10.9 Å². The number of para-hydroxylation sites is 1. The summed E-state index contributed by atoms with van der Waals surface area (Å²) in [6.07, 6.45) is -2.03. The summed E-state index contributed by atoms with van der Waals surface area (Å²) in [4.78, 5) is 0.184. The van der Waals surface area contributed by atoms with E-state index in [0.717, 1.165) is 16.5 Å². The van der Waals surface area contributed by atoms with Crippen LogP contribution in [0.1, 0.15) is 29.7 Å². The van der Waals surface area contributed by atoms with Crippen molar-refractivity contribution in [2.24, 2.45) is 0 Å². The first-order valence-electron chi connectivity index (χ1n) is 15.1. The second kappa shape index (κ2) is 13.7. The Labute approximate surface area is 263 Å². The minimum absolute atomic E-state index is 0.184. The van der Waals surface area contributed by atoms with E-state index in [1.807, 2.05) is 84.9 Å². The fourth-order valence-corrected chi connectivity index (χ4v) is 7.56. The molecule has 0 radical (unpaired) electrons. The van der Waals surface area contributed by atoms with Crippen LogP contribution >= 0.6 is 0 Å². The maximum Gasteiger partial charge on any atom is 0.268 e. The van der Waals surface area contributed by atoms with E-state index in [2.05, 4.69) is 0 Å². The first kappa shape index (κ1) is 31.2. The van der Waals surface area contributed by atoms with E-state index in [4.69, 9.17) is 14.2 Å². The molecule has 1 aliphatic rings. The standard InChI is InChI=1S/C36H37NO7S/c38-24-34-33(42-25-27-12-4-1-5-13-27)23-36(35(39)44-34,43-26-28-14-6-2-7-15-28)21-20-30-22-29-16-10-11-19-32(29)37(30)45(40,41)31-17-8-3-9-18-31/h1-19,22,33-35,38-39H,20-21,23-26H2/t33-,34+,35?,36+/m0/s1. The van der Waals surface area contributed by atoms with Crippen molar-refractivity contribution < 1.29 is 32.8 Å². The van der Waals surface area contributed by atoms with Gasteiger partial charge in [0, 0.05) is 17.5 Å². The zero-order valence-electron chi connectivity index (χ0n) is 24.8. The third-order valence-corrected chi connectivity index (χ3v) is 10.2. The lowest BCUT2D eigenvalue weighted by atomic mass is 9.85. The molecular formula is C36H37NO7S. The van der Waals surface area contributed by atoms with Crippen LogP contribution in [0, 0.1) is 0 Å². The Hall–Kier alpha value is -3.83. The molecule has 6 rings (SSSR count). The summed E-state index contributed by atoms with van der Waals surface area (Å²) in [6, 6.07) is 36.9. The lowest BCUT2D eigenvalue weighted by molar-refractivity contribution is -0.315.